The Morgan fingerprint density at radius 1 is 0.971 bits per heavy atom. The van der Waals surface area contributed by atoms with E-state index in [1.807, 2.05) is 99.6 Å². The number of benzene rings is 3. The van der Waals surface area contributed by atoms with Gasteiger partial charge in [0.15, 0.2) is 6.61 Å². The maximum Gasteiger partial charge on any atom is 0.277 e. The topological polar surface area (TPSA) is 77.2 Å². The molecule has 1 heterocycles. The van der Waals surface area contributed by atoms with Gasteiger partial charge in [-0.1, -0.05) is 84.6 Å². The highest BCUT2D eigenvalue weighted by Gasteiger charge is 2.23. The molecule has 1 N–H and O–H groups in total. The van der Waals surface area contributed by atoms with Crippen LogP contribution in [-0.2, 0) is 11.4 Å². The molecule has 1 aromatic heterocycles. The molecule has 4 aromatic rings. The minimum absolute atomic E-state index is 0.117. The normalized spacial score (nSPS) is 11.9. The van der Waals surface area contributed by atoms with Gasteiger partial charge in [-0.05, 0) is 49.1 Å². The van der Waals surface area contributed by atoms with Crippen molar-refractivity contribution in [3.63, 3.8) is 0 Å². The second-order valence-corrected chi connectivity index (χ2v) is 9.33. The number of rotatable bonds is 9. The van der Waals surface area contributed by atoms with Crippen molar-refractivity contribution in [2.45, 2.75) is 43.9 Å². The molecule has 0 aliphatic heterocycles. The van der Waals surface area contributed by atoms with Crippen molar-refractivity contribution >= 4 is 17.7 Å². The Kier molecular flexibility index (Phi) is 7.65. The van der Waals surface area contributed by atoms with E-state index in [-0.39, 0.29) is 18.6 Å². The average Bonchev–Trinajstić information content (AvgIpc) is 3.31. The minimum Gasteiger partial charge on any atom is -0.484 e. The number of thioether (sulfide) groups is 1. The number of hydrogen-bond donors (Lipinski definition) is 1. The Labute approximate surface area is 203 Å². The second kappa shape index (κ2) is 11.0. The van der Waals surface area contributed by atoms with Gasteiger partial charge in [-0.15, -0.1) is 10.2 Å². The SMILES string of the molecule is Cc1ccc(C)c(OCc2nnc(SC(C)C(=O)NC(c3ccccc3)c3ccccc3)o2)c1. The van der Waals surface area contributed by atoms with E-state index < -0.39 is 5.25 Å². The van der Waals surface area contributed by atoms with E-state index in [9.17, 15) is 4.79 Å². The van der Waals surface area contributed by atoms with Crippen LogP contribution in [0.5, 0.6) is 5.75 Å². The lowest BCUT2D eigenvalue weighted by Gasteiger charge is -2.21. The molecule has 0 saturated carbocycles. The van der Waals surface area contributed by atoms with Gasteiger partial charge >= 0.3 is 0 Å². The summed E-state index contributed by atoms with van der Waals surface area (Å²) in [4.78, 5) is 13.0. The van der Waals surface area contributed by atoms with Crippen molar-refractivity contribution in [2.75, 3.05) is 0 Å². The van der Waals surface area contributed by atoms with E-state index in [2.05, 4.69) is 15.5 Å². The van der Waals surface area contributed by atoms with Crippen molar-refractivity contribution < 1.29 is 13.9 Å². The number of nitrogens with zero attached hydrogens (tertiary/aromatic N) is 2. The average molecular weight is 474 g/mol. The van der Waals surface area contributed by atoms with E-state index in [1.54, 1.807) is 0 Å². The van der Waals surface area contributed by atoms with Crippen LogP contribution in [0.2, 0.25) is 0 Å². The Morgan fingerprint density at radius 2 is 1.62 bits per heavy atom. The molecule has 174 valence electrons. The van der Waals surface area contributed by atoms with Crippen LogP contribution < -0.4 is 10.1 Å². The lowest BCUT2D eigenvalue weighted by Crippen LogP contribution is -2.34. The molecule has 1 atom stereocenters. The number of carbonyl (C=O) groups is 1. The smallest absolute Gasteiger partial charge is 0.277 e. The fourth-order valence-corrected chi connectivity index (χ4v) is 4.17. The fourth-order valence-electron chi connectivity index (χ4n) is 3.46. The lowest BCUT2D eigenvalue weighted by molar-refractivity contribution is -0.120. The van der Waals surface area contributed by atoms with Gasteiger partial charge in [0.25, 0.3) is 11.1 Å². The van der Waals surface area contributed by atoms with Crippen LogP contribution in [0.15, 0.2) is 88.5 Å². The van der Waals surface area contributed by atoms with Gasteiger partial charge in [0.1, 0.15) is 5.75 Å². The number of nitrogens with one attached hydrogen (secondary N) is 1. The third kappa shape index (κ3) is 6.05. The summed E-state index contributed by atoms with van der Waals surface area (Å²) in [5, 5.41) is 11.2. The number of amides is 1. The molecule has 0 spiro atoms. The van der Waals surface area contributed by atoms with Gasteiger partial charge in [0.2, 0.25) is 5.91 Å². The number of aromatic nitrogens is 2. The highest BCUT2D eigenvalue weighted by atomic mass is 32.2. The van der Waals surface area contributed by atoms with E-state index in [0.29, 0.717) is 11.1 Å². The lowest BCUT2D eigenvalue weighted by atomic mass is 9.98. The Balaban J connectivity index is 1.38. The van der Waals surface area contributed by atoms with Crippen molar-refractivity contribution in [3.8, 4) is 5.75 Å². The summed E-state index contributed by atoms with van der Waals surface area (Å²) >= 11 is 1.22. The zero-order valence-electron chi connectivity index (χ0n) is 19.4. The molecule has 0 radical (unpaired) electrons. The second-order valence-electron chi connectivity index (χ2n) is 8.04. The molecule has 0 saturated heterocycles. The van der Waals surface area contributed by atoms with Crippen LogP contribution in [0.3, 0.4) is 0 Å². The number of hydrogen-bond acceptors (Lipinski definition) is 6. The van der Waals surface area contributed by atoms with Crippen LogP contribution in [0.4, 0.5) is 0 Å². The van der Waals surface area contributed by atoms with Crippen molar-refractivity contribution in [1.82, 2.24) is 15.5 Å². The first-order chi connectivity index (χ1) is 16.5. The van der Waals surface area contributed by atoms with Crippen molar-refractivity contribution in [1.29, 1.82) is 0 Å². The van der Waals surface area contributed by atoms with Gasteiger partial charge in [-0.25, -0.2) is 0 Å². The highest BCUT2D eigenvalue weighted by Crippen LogP contribution is 2.26. The fraction of sp³-hybridized carbons (Fsp3) is 0.222. The van der Waals surface area contributed by atoms with Crippen LogP contribution in [0.1, 0.15) is 41.1 Å². The molecule has 0 fully saturated rings. The van der Waals surface area contributed by atoms with Crippen molar-refractivity contribution in [3.05, 3.63) is 107 Å². The van der Waals surface area contributed by atoms with Crippen LogP contribution >= 0.6 is 11.8 Å². The summed E-state index contributed by atoms with van der Waals surface area (Å²) in [6, 6.07) is 25.6. The zero-order valence-corrected chi connectivity index (χ0v) is 20.2. The summed E-state index contributed by atoms with van der Waals surface area (Å²) in [7, 11) is 0. The van der Waals surface area contributed by atoms with Crippen molar-refractivity contribution in [2.24, 2.45) is 0 Å². The predicted molar refractivity (Wildman–Crippen MR) is 133 cm³/mol. The highest BCUT2D eigenvalue weighted by molar-refractivity contribution is 8.00. The van der Waals surface area contributed by atoms with Gasteiger partial charge in [-0.2, -0.15) is 0 Å². The van der Waals surface area contributed by atoms with E-state index in [0.717, 1.165) is 28.0 Å². The summed E-state index contributed by atoms with van der Waals surface area (Å²) < 4.78 is 11.5. The Morgan fingerprint density at radius 3 is 2.26 bits per heavy atom. The van der Waals surface area contributed by atoms with Crippen LogP contribution in [-0.4, -0.2) is 21.4 Å². The van der Waals surface area contributed by atoms with Gasteiger partial charge in [0.05, 0.1) is 11.3 Å². The molecule has 1 unspecified atom stereocenters. The van der Waals surface area contributed by atoms with Crippen LogP contribution in [0, 0.1) is 13.8 Å². The standard InChI is InChI=1S/C27H27N3O3S/c1-18-14-15-19(2)23(16-18)32-17-24-29-30-27(33-24)34-20(3)26(31)28-25(21-10-6-4-7-11-21)22-12-8-5-9-13-22/h4-16,20,25H,17H2,1-3H3,(H,28,31). The number of carbonyl (C=O) groups excluding carboxylic acids is 1. The molecule has 34 heavy (non-hydrogen) atoms. The minimum atomic E-state index is -0.428. The largest absolute Gasteiger partial charge is 0.484 e. The quantitative estimate of drug-likeness (QED) is 0.317. The summed E-state index contributed by atoms with van der Waals surface area (Å²) in [6.07, 6.45) is 0. The molecular formula is C27H27N3O3S. The molecule has 0 aliphatic carbocycles. The Bertz CT molecular complexity index is 1190. The molecule has 3 aromatic carbocycles. The van der Waals surface area contributed by atoms with E-state index >= 15 is 0 Å². The van der Waals surface area contributed by atoms with Gasteiger partial charge in [0, 0.05) is 0 Å². The van der Waals surface area contributed by atoms with E-state index in [1.165, 1.54) is 11.8 Å². The maximum atomic E-state index is 13.0. The number of aryl methyl sites for hydroxylation is 2. The van der Waals surface area contributed by atoms with Gasteiger partial charge < -0.3 is 14.5 Å². The molecule has 7 heteroatoms. The third-order valence-corrected chi connectivity index (χ3v) is 6.28. The monoisotopic (exact) mass is 473 g/mol. The van der Waals surface area contributed by atoms with E-state index in [4.69, 9.17) is 9.15 Å². The number of ether oxygens (including phenoxy) is 1. The first kappa shape index (κ1) is 23.6. The summed E-state index contributed by atoms with van der Waals surface area (Å²) in [5.74, 6) is 1.03. The molecule has 0 bridgehead atoms. The van der Waals surface area contributed by atoms with Gasteiger partial charge in [-0.3, -0.25) is 4.79 Å². The summed E-state index contributed by atoms with van der Waals surface area (Å²) in [5.41, 5.74) is 4.19. The predicted octanol–water partition coefficient (Wildman–Crippen LogP) is 5.65. The zero-order chi connectivity index (χ0) is 23.9. The molecule has 4 rings (SSSR count). The molecule has 1 amide bonds. The first-order valence-corrected chi connectivity index (χ1v) is 12.0. The summed E-state index contributed by atoms with van der Waals surface area (Å²) in [6.45, 7) is 5.99. The maximum absolute atomic E-state index is 13.0. The first-order valence-electron chi connectivity index (χ1n) is 11.1. The molecule has 6 nitrogen and oxygen atoms in total. The molecule has 0 aliphatic rings. The Hall–Kier alpha value is -3.58. The molecular weight excluding hydrogens is 446 g/mol. The van der Waals surface area contributed by atoms with Crippen LogP contribution in [0.25, 0.3) is 0 Å². The third-order valence-electron chi connectivity index (χ3n) is 5.34.